The van der Waals surface area contributed by atoms with Crippen LogP contribution in [0.3, 0.4) is 0 Å². The number of nitrogens with zero attached hydrogens (tertiary/aromatic N) is 4. The predicted molar refractivity (Wildman–Crippen MR) is 123 cm³/mol. The van der Waals surface area contributed by atoms with Gasteiger partial charge in [-0.05, 0) is 18.4 Å². The first-order valence-electron chi connectivity index (χ1n) is 10.4. The minimum Gasteiger partial charge on any atom is -0.417 e. The summed E-state index contributed by atoms with van der Waals surface area (Å²) in [5.41, 5.74) is 7.25. The van der Waals surface area contributed by atoms with E-state index in [1.54, 1.807) is 28.8 Å². The molecule has 0 spiro atoms. The van der Waals surface area contributed by atoms with E-state index in [1.807, 2.05) is 6.26 Å². The van der Waals surface area contributed by atoms with Gasteiger partial charge >= 0.3 is 14.6 Å². The van der Waals surface area contributed by atoms with Crippen molar-refractivity contribution in [2.45, 2.75) is 36.5 Å². The second kappa shape index (κ2) is 10.2. The zero-order valence-corrected chi connectivity index (χ0v) is 20.3. The molecule has 0 aliphatic carbocycles. The summed E-state index contributed by atoms with van der Waals surface area (Å²) >= 11 is 1.34. The van der Waals surface area contributed by atoms with Crippen LogP contribution in [0.5, 0.6) is 5.75 Å². The van der Waals surface area contributed by atoms with E-state index in [4.69, 9.17) is 33.5 Å². The number of aliphatic hydroxyl groups is 1. The maximum atomic E-state index is 12.2. The number of carbonyl (C=O) groups excluding carboxylic acids is 1. The van der Waals surface area contributed by atoms with Gasteiger partial charge in [-0.2, -0.15) is 0 Å². The second-order valence-corrected chi connectivity index (χ2v) is 9.35. The van der Waals surface area contributed by atoms with Crippen molar-refractivity contribution in [3.63, 3.8) is 0 Å². The molecular formula is C20H22N5O8PS. The first-order valence-corrected chi connectivity index (χ1v) is 12.8. The number of fused-ring (bicyclic) bond motifs is 2. The number of para-hydroxylation sites is 1. The van der Waals surface area contributed by atoms with E-state index in [-0.39, 0.29) is 12.4 Å². The van der Waals surface area contributed by atoms with Gasteiger partial charge in [0.15, 0.2) is 22.8 Å². The van der Waals surface area contributed by atoms with E-state index in [9.17, 15) is 9.90 Å². The quantitative estimate of drug-likeness (QED) is 0.191. The Morgan fingerprint density at radius 1 is 1.34 bits per heavy atom. The van der Waals surface area contributed by atoms with Gasteiger partial charge in [-0.15, -0.1) is 0 Å². The molecule has 13 nitrogen and oxygen atoms in total. The number of imidazole rings is 1. The molecule has 5 rings (SSSR count). The Morgan fingerprint density at radius 2 is 2.17 bits per heavy atom. The summed E-state index contributed by atoms with van der Waals surface area (Å²) in [5, 5.41) is 10.4. The Balaban J connectivity index is 1.33. The SMILES string of the molecule is COC(O)O[C@H]1C[C@@H](COP2OC(=O)c3ccccc3O2)O[C@H]1n1cnc2c(N)nc(SC)nc21. The molecule has 0 saturated carbocycles. The first-order chi connectivity index (χ1) is 17.0. The average molecular weight is 523 g/mol. The van der Waals surface area contributed by atoms with Crippen molar-refractivity contribution >= 4 is 43.3 Å². The van der Waals surface area contributed by atoms with E-state index in [1.165, 1.54) is 25.2 Å². The molecule has 0 amide bonds. The van der Waals surface area contributed by atoms with E-state index in [0.29, 0.717) is 34.1 Å². The van der Waals surface area contributed by atoms with Gasteiger partial charge in [0.05, 0.1) is 19.0 Å². The van der Waals surface area contributed by atoms with E-state index in [2.05, 4.69) is 15.0 Å². The highest BCUT2D eigenvalue weighted by Gasteiger charge is 2.41. The van der Waals surface area contributed by atoms with Crippen LogP contribution in [0.15, 0.2) is 35.7 Å². The molecule has 2 aromatic heterocycles. The number of rotatable bonds is 8. The van der Waals surface area contributed by atoms with Crippen LogP contribution in [0, 0.1) is 0 Å². The number of ether oxygens (including phenoxy) is 3. The molecule has 3 aromatic rings. The lowest BCUT2D eigenvalue weighted by Gasteiger charge is -2.23. The van der Waals surface area contributed by atoms with Crippen molar-refractivity contribution < 1.29 is 37.7 Å². The lowest BCUT2D eigenvalue weighted by atomic mass is 10.2. The van der Waals surface area contributed by atoms with Gasteiger partial charge in [0, 0.05) is 13.5 Å². The summed E-state index contributed by atoms with van der Waals surface area (Å²) in [6, 6.07) is 6.77. The van der Waals surface area contributed by atoms with Gasteiger partial charge < -0.3 is 34.1 Å². The topological polar surface area (TPSA) is 162 Å². The van der Waals surface area contributed by atoms with Crippen LogP contribution >= 0.6 is 20.4 Å². The van der Waals surface area contributed by atoms with Gasteiger partial charge in [0.25, 0.3) is 6.48 Å². The lowest BCUT2D eigenvalue weighted by molar-refractivity contribution is -0.279. The van der Waals surface area contributed by atoms with E-state index >= 15 is 0 Å². The number of hydrogen-bond acceptors (Lipinski definition) is 13. The Bertz CT molecular complexity index is 1230. The van der Waals surface area contributed by atoms with Gasteiger partial charge in [-0.3, -0.25) is 9.09 Å². The number of thioether (sulfide) groups is 1. The highest BCUT2D eigenvalue weighted by molar-refractivity contribution is 7.98. The van der Waals surface area contributed by atoms with Gasteiger partial charge in [0.2, 0.25) is 0 Å². The predicted octanol–water partition coefficient (Wildman–Crippen LogP) is 2.22. The third-order valence-electron chi connectivity index (χ3n) is 5.33. The van der Waals surface area contributed by atoms with Crippen LogP contribution in [0.25, 0.3) is 11.2 Å². The Kier molecular flexibility index (Phi) is 7.02. The molecule has 5 atom stereocenters. The monoisotopic (exact) mass is 523 g/mol. The minimum atomic E-state index is -1.95. The smallest absolute Gasteiger partial charge is 0.417 e. The Hall–Kier alpha value is -2.58. The molecule has 15 heteroatoms. The molecule has 2 aliphatic rings. The summed E-state index contributed by atoms with van der Waals surface area (Å²) in [6.07, 6.45) is 1.82. The maximum absolute atomic E-state index is 12.2. The van der Waals surface area contributed by atoms with Crippen molar-refractivity contribution in [1.82, 2.24) is 19.5 Å². The van der Waals surface area contributed by atoms with Gasteiger partial charge in [-0.25, -0.2) is 19.7 Å². The molecule has 35 heavy (non-hydrogen) atoms. The number of aromatic nitrogens is 4. The maximum Gasteiger partial charge on any atom is 0.465 e. The highest BCUT2D eigenvalue weighted by atomic mass is 32.2. The third kappa shape index (κ3) is 4.91. The summed E-state index contributed by atoms with van der Waals surface area (Å²) in [7, 11) is -0.634. The molecule has 186 valence electrons. The average Bonchev–Trinajstić information content (AvgIpc) is 3.46. The molecule has 4 heterocycles. The van der Waals surface area contributed by atoms with Crippen LogP contribution in [0.1, 0.15) is 23.0 Å². The van der Waals surface area contributed by atoms with Crippen LogP contribution in [0.4, 0.5) is 5.82 Å². The van der Waals surface area contributed by atoms with Crippen LogP contribution in [-0.4, -0.2) is 69.3 Å². The fourth-order valence-corrected chi connectivity index (χ4v) is 5.07. The van der Waals surface area contributed by atoms with E-state index < -0.39 is 39.5 Å². The number of aliphatic hydroxyl groups excluding tert-OH is 1. The third-order valence-corrected chi connectivity index (χ3v) is 6.89. The number of nitrogen functional groups attached to an aromatic ring is 1. The molecule has 2 aliphatic heterocycles. The molecule has 3 N–H and O–H groups in total. The fourth-order valence-electron chi connectivity index (χ4n) is 3.72. The van der Waals surface area contributed by atoms with Crippen molar-refractivity contribution in [3.8, 4) is 5.75 Å². The number of nitrogens with two attached hydrogens (primary N) is 1. The molecular weight excluding hydrogens is 501 g/mol. The zero-order valence-electron chi connectivity index (χ0n) is 18.6. The summed E-state index contributed by atoms with van der Waals surface area (Å²) in [4.78, 5) is 25.2. The number of carbonyl (C=O) groups is 1. The summed E-state index contributed by atoms with van der Waals surface area (Å²) in [5.74, 6) is 0.125. The van der Waals surface area contributed by atoms with Crippen molar-refractivity contribution in [3.05, 3.63) is 36.2 Å². The van der Waals surface area contributed by atoms with Crippen LogP contribution < -0.4 is 10.3 Å². The number of hydrogen-bond donors (Lipinski definition) is 2. The summed E-state index contributed by atoms with van der Waals surface area (Å²) in [6.45, 7) is -1.43. The fraction of sp³-hybridized carbons (Fsp3) is 0.400. The normalized spacial score (nSPS) is 24.7. The van der Waals surface area contributed by atoms with E-state index in [0.717, 1.165) is 0 Å². The molecule has 0 radical (unpaired) electrons. The Morgan fingerprint density at radius 3 is 2.97 bits per heavy atom. The largest absolute Gasteiger partial charge is 0.465 e. The highest BCUT2D eigenvalue weighted by Crippen LogP contribution is 2.47. The van der Waals surface area contributed by atoms with Gasteiger partial charge in [0.1, 0.15) is 22.9 Å². The standard InChI is InChI=1S/C20H22N5O8PS/c1-28-20(27)31-13-7-10(8-29-34-32-12-6-4-3-5-11(12)18(26)33-34)30-17(13)25-9-22-14-15(21)23-19(35-2)24-16(14)25/h3-6,9-10,13,17,20,27H,7-8H2,1-2H3,(H2,21,23,24)/t10-,13-,17+,20?,34?/m0/s1. The molecule has 2 unspecified atom stereocenters. The first kappa shape index (κ1) is 24.1. The number of methoxy groups -OCH3 is 1. The van der Waals surface area contributed by atoms with Crippen LogP contribution in [0.2, 0.25) is 0 Å². The molecule has 1 saturated heterocycles. The summed E-state index contributed by atoms with van der Waals surface area (Å²) < 4.78 is 35.0. The molecule has 1 fully saturated rings. The Labute approximate surface area is 204 Å². The van der Waals surface area contributed by atoms with Gasteiger partial charge in [-0.1, -0.05) is 23.9 Å². The lowest BCUT2D eigenvalue weighted by Crippen LogP contribution is -2.28. The zero-order chi connectivity index (χ0) is 24.5. The van der Waals surface area contributed by atoms with Crippen molar-refractivity contribution in [2.24, 2.45) is 0 Å². The van der Waals surface area contributed by atoms with Crippen LogP contribution in [-0.2, 0) is 23.3 Å². The van der Waals surface area contributed by atoms with Crippen molar-refractivity contribution in [2.75, 3.05) is 25.7 Å². The molecule has 0 bridgehead atoms. The molecule has 1 aromatic carbocycles. The number of anilines is 1. The number of benzene rings is 1. The second-order valence-electron chi connectivity index (χ2n) is 7.51. The van der Waals surface area contributed by atoms with Crippen molar-refractivity contribution in [1.29, 1.82) is 0 Å². The minimum absolute atomic E-state index is 0.0421.